The maximum Gasteiger partial charge on any atom is 0.408 e. The van der Waals surface area contributed by atoms with Crippen LogP contribution >= 0.6 is 11.3 Å². The number of hydrogen-bond acceptors (Lipinski definition) is 3. The molecule has 1 aromatic heterocycles. The summed E-state index contributed by atoms with van der Waals surface area (Å²) in [4.78, 5) is 16.0. The minimum Gasteiger partial charge on any atom is -0.339 e. The monoisotopic (exact) mass is 314 g/mol. The number of aromatic nitrogens is 1. The molecule has 0 unspecified atom stereocenters. The highest BCUT2D eigenvalue weighted by molar-refractivity contribution is 7.11. The summed E-state index contributed by atoms with van der Waals surface area (Å²) >= 11 is 1.03. The van der Waals surface area contributed by atoms with Crippen LogP contribution in [0.3, 0.4) is 0 Å². The molecule has 0 aliphatic carbocycles. The minimum absolute atomic E-state index is 0.206. The Bertz CT molecular complexity index is 610. The lowest BCUT2D eigenvalue weighted by Gasteiger charge is -2.21. The molecule has 2 rings (SSSR count). The number of carbonyl (C=O) groups is 1. The van der Waals surface area contributed by atoms with Gasteiger partial charge in [-0.05, 0) is 12.5 Å². The minimum atomic E-state index is -4.51. The van der Waals surface area contributed by atoms with Crippen molar-refractivity contribution in [2.75, 3.05) is 0 Å². The van der Waals surface area contributed by atoms with E-state index in [0.717, 1.165) is 11.3 Å². The lowest BCUT2D eigenvalue weighted by Crippen LogP contribution is -2.46. The van der Waals surface area contributed by atoms with E-state index >= 15 is 0 Å². The molecule has 112 valence electrons. The van der Waals surface area contributed by atoms with Gasteiger partial charge in [0.25, 0.3) is 5.91 Å². The molecule has 0 spiro atoms. The van der Waals surface area contributed by atoms with Crippen LogP contribution in [0.1, 0.15) is 20.9 Å². The Labute approximate surface area is 123 Å². The summed E-state index contributed by atoms with van der Waals surface area (Å²) < 4.78 is 39.2. The summed E-state index contributed by atoms with van der Waals surface area (Å²) in [5, 5.41) is 2.06. The number of benzene rings is 1. The Morgan fingerprint density at radius 2 is 2.00 bits per heavy atom. The van der Waals surface area contributed by atoms with Gasteiger partial charge >= 0.3 is 6.18 Å². The van der Waals surface area contributed by atoms with Crippen LogP contribution in [-0.2, 0) is 6.42 Å². The molecule has 0 aliphatic heterocycles. The number of nitrogens with one attached hydrogen (secondary N) is 1. The lowest BCUT2D eigenvalue weighted by atomic mass is 10.1. The molecule has 1 N–H and O–H groups in total. The van der Waals surface area contributed by atoms with Gasteiger partial charge in [-0.15, -0.1) is 11.3 Å². The van der Waals surface area contributed by atoms with Crippen LogP contribution < -0.4 is 5.32 Å². The van der Waals surface area contributed by atoms with Crippen LogP contribution in [0.15, 0.2) is 35.8 Å². The maximum absolute atomic E-state index is 13.1. The van der Waals surface area contributed by atoms with Crippen molar-refractivity contribution in [3.05, 3.63) is 52.0 Å². The van der Waals surface area contributed by atoms with Crippen molar-refractivity contribution in [1.29, 1.82) is 0 Å². The third-order valence-corrected chi connectivity index (χ3v) is 3.86. The number of amides is 1. The molecule has 0 aliphatic rings. The zero-order valence-corrected chi connectivity index (χ0v) is 12.0. The Kier molecular flexibility index (Phi) is 4.62. The standard InChI is InChI=1S/C14H13F3N2OS/c1-9-12(21-8-18-9)13(20)19-11(14(15,16)17)7-10-5-3-2-4-6-10/h2-6,8,11H,7H2,1H3,(H,19,20)/t11-/m0/s1. The number of carbonyl (C=O) groups excluding carboxylic acids is 1. The molecule has 0 radical (unpaired) electrons. The van der Waals surface area contributed by atoms with E-state index < -0.39 is 18.1 Å². The van der Waals surface area contributed by atoms with E-state index in [1.54, 1.807) is 37.3 Å². The lowest BCUT2D eigenvalue weighted by molar-refractivity contribution is -0.153. The van der Waals surface area contributed by atoms with Gasteiger partial charge in [0.1, 0.15) is 10.9 Å². The Morgan fingerprint density at radius 1 is 1.33 bits per heavy atom. The van der Waals surface area contributed by atoms with Crippen LogP contribution in [0.25, 0.3) is 0 Å². The van der Waals surface area contributed by atoms with Crippen LogP contribution in [0.2, 0.25) is 0 Å². The van der Waals surface area contributed by atoms with Gasteiger partial charge < -0.3 is 5.32 Å². The fourth-order valence-electron chi connectivity index (χ4n) is 1.84. The molecule has 0 fully saturated rings. The van der Waals surface area contributed by atoms with E-state index in [1.807, 2.05) is 0 Å². The van der Waals surface area contributed by atoms with Gasteiger partial charge in [0.2, 0.25) is 0 Å². The fraction of sp³-hybridized carbons (Fsp3) is 0.286. The topological polar surface area (TPSA) is 42.0 Å². The molecule has 21 heavy (non-hydrogen) atoms. The van der Waals surface area contributed by atoms with Gasteiger partial charge in [-0.3, -0.25) is 4.79 Å². The Hall–Kier alpha value is -1.89. The molecular weight excluding hydrogens is 301 g/mol. The number of nitrogens with zero attached hydrogens (tertiary/aromatic N) is 1. The quantitative estimate of drug-likeness (QED) is 0.940. The van der Waals surface area contributed by atoms with Gasteiger partial charge in [-0.25, -0.2) is 4.98 Å². The number of alkyl halides is 3. The molecular formula is C14H13F3N2OS. The first-order valence-corrected chi connectivity index (χ1v) is 7.07. The van der Waals surface area contributed by atoms with Crippen molar-refractivity contribution in [3.8, 4) is 0 Å². The second-order valence-electron chi connectivity index (χ2n) is 4.52. The van der Waals surface area contributed by atoms with E-state index in [0.29, 0.717) is 11.3 Å². The first-order valence-electron chi connectivity index (χ1n) is 6.19. The molecule has 1 heterocycles. The summed E-state index contributed by atoms with van der Waals surface area (Å²) in [6.07, 6.45) is -4.81. The number of halogens is 3. The third-order valence-electron chi connectivity index (χ3n) is 2.93. The largest absolute Gasteiger partial charge is 0.408 e. The molecule has 3 nitrogen and oxygen atoms in total. The van der Waals surface area contributed by atoms with E-state index in [1.165, 1.54) is 5.51 Å². The number of aryl methyl sites for hydroxylation is 1. The predicted octanol–water partition coefficient (Wildman–Crippen LogP) is 3.35. The smallest absolute Gasteiger partial charge is 0.339 e. The summed E-state index contributed by atoms with van der Waals surface area (Å²) in [5.41, 5.74) is 2.38. The van der Waals surface area contributed by atoms with Gasteiger partial charge in [0.15, 0.2) is 0 Å². The molecule has 0 saturated heterocycles. The van der Waals surface area contributed by atoms with Gasteiger partial charge in [-0.2, -0.15) is 13.2 Å². The molecule has 0 bridgehead atoms. The maximum atomic E-state index is 13.1. The SMILES string of the molecule is Cc1ncsc1C(=O)N[C@@H](Cc1ccccc1)C(F)(F)F. The van der Waals surface area contributed by atoms with E-state index in [4.69, 9.17) is 0 Å². The highest BCUT2D eigenvalue weighted by atomic mass is 32.1. The first-order chi connectivity index (χ1) is 9.88. The number of rotatable bonds is 4. The summed E-state index contributed by atoms with van der Waals surface area (Å²) in [6.45, 7) is 1.59. The van der Waals surface area contributed by atoms with E-state index in [9.17, 15) is 18.0 Å². The van der Waals surface area contributed by atoms with Gasteiger partial charge in [0.05, 0.1) is 11.2 Å². The van der Waals surface area contributed by atoms with Crippen LogP contribution in [0.4, 0.5) is 13.2 Å². The average molecular weight is 314 g/mol. The number of thiazole rings is 1. The normalized spacial score (nSPS) is 13.0. The molecule has 1 amide bonds. The van der Waals surface area contributed by atoms with Crippen LogP contribution in [0.5, 0.6) is 0 Å². The molecule has 1 atom stereocenters. The third kappa shape index (κ3) is 4.04. The average Bonchev–Trinajstić information content (AvgIpc) is 2.84. The highest BCUT2D eigenvalue weighted by Gasteiger charge is 2.41. The van der Waals surface area contributed by atoms with Crippen molar-refractivity contribution in [2.24, 2.45) is 0 Å². The van der Waals surface area contributed by atoms with Crippen molar-refractivity contribution in [3.63, 3.8) is 0 Å². The second kappa shape index (κ2) is 6.26. The Morgan fingerprint density at radius 3 is 2.52 bits per heavy atom. The van der Waals surface area contributed by atoms with Crippen molar-refractivity contribution in [2.45, 2.75) is 25.6 Å². The zero-order chi connectivity index (χ0) is 15.5. The summed E-state index contributed by atoms with van der Waals surface area (Å²) in [5.74, 6) is -0.742. The highest BCUT2D eigenvalue weighted by Crippen LogP contribution is 2.24. The summed E-state index contributed by atoms with van der Waals surface area (Å²) in [6, 6.07) is 6.33. The predicted molar refractivity (Wildman–Crippen MR) is 74.3 cm³/mol. The van der Waals surface area contributed by atoms with Crippen molar-refractivity contribution in [1.82, 2.24) is 10.3 Å². The van der Waals surface area contributed by atoms with E-state index in [-0.39, 0.29) is 11.3 Å². The van der Waals surface area contributed by atoms with Crippen LogP contribution in [0, 0.1) is 6.92 Å². The fourth-order valence-corrected chi connectivity index (χ4v) is 2.55. The Balaban J connectivity index is 2.14. The van der Waals surface area contributed by atoms with Gasteiger partial charge in [-0.1, -0.05) is 30.3 Å². The number of hydrogen-bond donors (Lipinski definition) is 1. The van der Waals surface area contributed by atoms with Crippen molar-refractivity contribution < 1.29 is 18.0 Å². The molecule has 0 saturated carbocycles. The second-order valence-corrected chi connectivity index (χ2v) is 5.38. The van der Waals surface area contributed by atoms with Gasteiger partial charge in [0, 0.05) is 6.42 Å². The zero-order valence-electron chi connectivity index (χ0n) is 11.1. The molecule has 2 aromatic rings. The molecule has 1 aromatic carbocycles. The van der Waals surface area contributed by atoms with Crippen LogP contribution in [-0.4, -0.2) is 23.1 Å². The summed E-state index contributed by atoms with van der Waals surface area (Å²) in [7, 11) is 0. The van der Waals surface area contributed by atoms with E-state index in [2.05, 4.69) is 10.3 Å². The first kappa shape index (κ1) is 15.5. The molecule has 7 heteroatoms. The van der Waals surface area contributed by atoms with Crippen molar-refractivity contribution >= 4 is 17.2 Å².